The van der Waals surface area contributed by atoms with Gasteiger partial charge in [-0.05, 0) is 99.0 Å². The summed E-state index contributed by atoms with van der Waals surface area (Å²) in [6.07, 6.45) is 5.97. The lowest BCUT2D eigenvalue weighted by Gasteiger charge is -2.32. The standard InChI is InChI=1S/C25H30N4O4.C17H23N3O2/c1-31-21-4-2-18-3-5-25(30)29(22(18)15-21)11-10-28-8-6-19(7-9-28)26-16-20-14-23-24(17-27-20)33-13-12-32-23;1-22-15-4-2-13-3-5-17(21)20(16(13)12-15)11-10-19-8-6-14(18)7-9-19/h2-5,14-15,17,19,26H,6-13,16H2,1H3;2-5,12,14H,6-11,18H2,1H3. The minimum atomic E-state index is 0.0271. The highest BCUT2D eigenvalue weighted by Gasteiger charge is 2.20. The molecule has 2 saturated heterocycles. The van der Waals surface area contributed by atoms with E-state index in [1.54, 1.807) is 32.5 Å². The molecule has 3 aliphatic rings. The number of rotatable bonds is 11. The van der Waals surface area contributed by atoms with E-state index in [9.17, 15) is 9.59 Å². The molecule has 8 rings (SSSR count). The SMILES string of the molecule is COc1ccc2ccc(=O)n(CCN3CCC(N)CC3)c2c1.COc1ccc2ccc(=O)n(CCN3CCC(NCc4cc5c(cn4)OCCO5)CC3)c2c1. The van der Waals surface area contributed by atoms with Gasteiger partial charge in [0.15, 0.2) is 11.5 Å². The first-order valence-corrected chi connectivity index (χ1v) is 19.4. The van der Waals surface area contributed by atoms with Crippen LogP contribution in [-0.4, -0.2) is 103 Å². The Morgan fingerprint density at radius 1 is 0.691 bits per heavy atom. The third-order valence-electron chi connectivity index (χ3n) is 11.0. The van der Waals surface area contributed by atoms with Gasteiger partial charge in [0.1, 0.15) is 24.7 Å². The van der Waals surface area contributed by atoms with E-state index in [1.807, 2.05) is 63.7 Å². The largest absolute Gasteiger partial charge is 0.497 e. The first-order valence-electron chi connectivity index (χ1n) is 19.4. The smallest absolute Gasteiger partial charge is 0.251 e. The molecule has 0 spiro atoms. The van der Waals surface area contributed by atoms with E-state index in [0.717, 1.165) is 115 Å². The second-order valence-electron chi connectivity index (χ2n) is 14.5. The van der Waals surface area contributed by atoms with E-state index in [-0.39, 0.29) is 11.1 Å². The first kappa shape index (κ1) is 38.3. The van der Waals surface area contributed by atoms with Gasteiger partial charge in [0.2, 0.25) is 0 Å². The van der Waals surface area contributed by atoms with Gasteiger partial charge in [-0.2, -0.15) is 0 Å². The maximum atomic E-state index is 12.5. The second-order valence-corrected chi connectivity index (χ2v) is 14.5. The van der Waals surface area contributed by atoms with Crippen LogP contribution < -0.4 is 41.1 Å². The van der Waals surface area contributed by atoms with E-state index >= 15 is 0 Å². The van der Waals surface area contributed by atoms with Crippen LogP contribution >= 0.6 is 0 Å². The molecule has 55 heavy (non-hydrogen) atoms. The Kier molecular flexibility index (Phi) is 12.6. The number of aromatic nitrogens is 3. The predicted octanol–water partition coefficient (Wildman–Crippen LogP) is 3.86. The van der Waals surface area contributed by atoms with Crippen LogP contribution in [0.4, 0.5) is 0 Å². The topological polar surface area (TPSA) is 138 Å². The molecule has 13 heteroatoms. The minimum Gasteiger partial charge on any atom is -0.497 e. The number of benzene rings is 2. The molecule has 6 heterocycles. The van der Waals surface area contributed by atoms with Gasteiger partial charge in [0, 0.05) is 75.1 Å². The molecule has 0 aliphatic carbocycles. The molecular weight excluding hydrogens is 699 g/mol. The molecule has 0 amide bonds. The van der Waals surface area contributed by atoms with Gasteiger partial charge in [-0.15, -0.1) is 0 Å². The van der Waals surface area contributed by atoms with Crippen LogP contribution in [0.5, 0.6) is 23.0 Å². The maximum absolute atomic E-state index is 12.5. The fourth-order valence-corrected chi connectivity index (χ4v) is 7.61. The van der Waals surface area contributed by atoms with Crippen LogP contribution in [0, 0.1) is 0 Å². The van der Waals surface area contributed by atoms with Crippen molar-refractivity contribution >= 4 is 21.8 Å². The molecule has 0 saturated carbocycles. The van der Waals surface area contributed by atoms with Crippen LogP contribution in [0.25, 0.3) is 21.8 Å². The van der Waals surface area contributed by atoms with Gasteiger partial charge in [-0.3, -0.25) is 14.6 Å². The lowest BCUT2D eigenvalue weighted by atomic mass is 10.0. The number of ether oxygens (including phenoxy) is 4. The third-order valence-corrected chi connectivity index (χ3v) is 11.0. The van der Waals surface area contributed by atoms with Crippen molar-refractivity contribution in [3.63, 3.8) is 0 Å². The fraction of sp³-hybridized carbons (Fsp3) is 0.452. The zero-order valence-electron chi connectivity index (χ0n) is 32.0. The first-order chi connectivity index (χ1) is 26.9. The number of piperidine rings is 2. The molecule has 13 nitrogen and oxygen atoms in total. The maximum Gasteiger partial charge on any atom is 0.251 e. The number of pyridine rings is 3. The van der Waals surface area contributed by atoms with Crippen molar-refractivity contribution in [1.82, 2.24) is 29.2 Å². The molecule has 2 fully saturated rings. The van der Waals surface area contributed by atoms with Crippen molar-refractivity contribution in [2.24, 2.45) is 5.73 Å². The Balaban J connectivity index is 0.000000184. The van der Waals surface area contributed by atoms with E-state index in [4.69, 9.17) is 24.7 Å². The minimum absolute atomic E-state index is 0.0271. The van der Waals surface area contributed by atoms with Gasteiger partial charge in [0.25, 0.3) is 11.1 Å². The monoisotopic (exact) mass is 751 g/mol. The number of nitrogens with zero attached hydrogens (tertiary/aromatic N) is 5. The van der Waals surface area contributed by atoms with Gasteiger partial charge in [0.05, 0.1) is 37.1 Å². The van der Waals surface area contributed by atoms with Crippen molar-refractivity contribution in [2.45, 2.75) is 57.4 Å². The van der Waals surface area contributed by atoms with Crippen molar-refractivity contribution in [3.05, 3.63) is 99.3 Å². The Labute approximate surface area is 321 Å². The van der Waals surface area contributed by atoms with Crippen LogP contribution in [0.3, 0.4) is 0 Å². The quantitative estimate of drug-likeness (QED) is 0.204. The number of nitrogens with two attached hydrogens (primary N) is 1. The Bertz CT molecular complexity index is 2170. The third kappa shape index (κ3) is 9.65. The molecule has 3 N–H and O–H groups in total. The summed E-state index contributed by atoms with van der Waals surface area (Å²) in [4.78, 5) is 34.1. The number of methoxy groups -OCH3 is 2. The van der Waals surface area contributed by atoms with E-state index < -0.39 is 0 Å². The molecule has 5 aromatic rings. The van der Waals surface area contributed by atoms with Gasteiger partial charge in [-0.25, -0.2) is 0 Å². The highest BCUT2D eigenvalue weighted by molar-refractivity contribution is 5.81. The predicted molar refractivity (Wildman–Crippen MR) is 215 cm³/mol. The average Bonchev–Trinajstić information content (AvgIpc) is 3.23. The fourth-order valence-electron chi connectivity index (χ4n) is 7.61. The summed E-state index contributed by atoms with van der Waals surface area (Å²) < 4.78 is 25.5. The van der Waals surface area contributed by atoms with Crippen LogP contribution in [0.15, 0.2) is 82.5 Å². The van der Waals surface area contributed by atoms with E-state index in [1.165, 1.54) is 0 Å². The molecule has 0 bridgehead atoms. The van der Waals surface area contributed by atoms with Gasteiger partial charge >= 0.3 is 0 Å². The van der Waals surface area contributed by atoms with Crippen molar-refractivity contribution in [2.75, 3.05) is 66.7 Å². The van der Waals surface area contributed by atoms with Crippen LogP contribution in [0.2, 0.25) is 0 Å². The van der Waals surface area contributed by atoms with Crippen molar-refractivity contribution in [1.29, 1.82) is 0 Å². The Morgan fingerprint density at radius 3 is 1.75 bits per heavy atom. The highest BCUT2D eigenvalue weighted by atomic mass is 16.6. The summed E-state index contributed by atoms with van der Waals surface area (Å²) in [5.41, 5.74) is 8.82. The Hall–Kier alpha value is -4.95. The number of fused-ring (bicyclic) bond motifs is 3. The number of hydrogen-bond donors (Lipinski definition) is 2. The van der Waals surface area contributed by atoms with Crippen LogP contribution in [-0.2, 0) is 19.6 Å². The molecular formula is C42H53N7O6. The number of hydrogen-bond acceptors (Lipinski definition) is 11. The van der Waals surface area contributed by atoms with Crippen LogP contribution in [0.1, 0.15) is 31.4 Å². The van der Waals surface area contributed by atoms with Crippen molar-refractivity contribution < 1.29 is 18.9 Å². The molecule has 0 unspecified atom stereocenters. The molecule has 3 aromatic heterocycles. The summed E-state index contributed by atoms with van der Waals surface area (Å²) in [5.74, 6) is 3.04. The average molecular weight is 752 g/mol. The van der Waals surface area contributed by atoms with Gasteiger partial charge in [-0.1, -0.05) is 0 Å². The van der Waals surface area contributed by atoms with E-state index in [0.29, 0.717) is 44.9 Å². The van der Waals surface area contributed by atoms with Gasteiger partial charge < -0.3 is 48.9 Å². The number of nitrogens with one attached hydrogen (secondary N) is 1. The summed E-state index contributed by atoms with van der Waals surface area (Å²) in [6.45, 7) is 9.03. The highest BCUT2D eigenvalue weighted by Crippen LogP contribution is 2.29. The van der Waals surface area contributed by atoms with E-state index in [2.05, 4.69) is 20.1 Å². The zero-order chi connectivity index (χ0) is 38.1. The summed E-state index contributed by atoms with van der Waals surface area (Å²) in [7, 11) is 3.29. The Morgan fingerprint density at radius 2 is 1.20 bits per heavy atom. The molecule has 0 atom stereocenters. The lowest BCUT2D eigenvalue weighted by Crippen LogP contribution is -2.43. The number of likely N-dealkylation sites (tertiary alicyclic amines) is 2. The lowest BCUT2D eigenvalue weighted by molar-refractivity contribution is 0.170. The molecule has 0 radical (unpaired) electrons. The zero-order valence-corrected chi connectivity index (χ0v) is 32.0. The summed E-state index contributed by atoms with van der Waals surface area (Å²) in [5, 5.41) is 5.73. The summed E-state index contributed by atoms with van der Waals surface area (Å²) in [6, 6.07) is 21.5. The normalized spacial score (nSPS) is 16.9. The second kappa shape index (κ2) is 18.1. The molecule has 3 aliphatic heterocycles. The molecule has 292 valence electrons. The van der Waals surface area contributed by atoms with Crippen molar-refractivity contribution in [3.8, 4) is 23.0 Å². The summed E-state index contributed by atoms with van der Waals surface area (Å²) >= 11 is 0. The molecule has 2 aromatic carbocycles.